The fourth-order valence-electron chi connectivity index (χ4n) is 4.75. The highest BCUT2D eigenvalue weighted by atomic mass is 16.5. The maximum Gasteiger partial charge on any atom is 0.331 e. The van der Waals surface area contributed by atoms with Crippen molar-refractivity contribution in [1.29, 1.82) is 0 Å². The van der Waals surface area contributed by atoms with Crippen molar-refractivity contribution in [3.8, 4) is 5.75 Å². The molecule has 2 aliphatic carbocycles. The second-order valence-electron chi connectivity index (χ2n) is 7.32. The van der Waals surface area contributed by atoms with Gasteiger partial charge in [0.15, 0.2) is 0 Å². The summed E-state index contributed by atoms with van der Waals surface area (Å²) in [5, 5.41) is 0. The van der Waals surface area contributed by atoms with Crippen LogP contribution in [0.4, 0.5) is 0 Å². The Kier molecular flexibility index (Phi) is 3.48. The zero-order valence-electron chi connectivity index (χ0n) is 14.0. The van der Waals surface area contributed by atoms with Crippen LogP contribution in [0.1, 0.15) is 30.4 Å². The van der Waals surface area contributed by atoms with Gasteiger partial charge in [-0.05, 0) is 62.1 Å². The summed E-state index contributed by atoms with van der Waals surface area (Å²) in [5.41, 5.74) is 1.92. The average Bonchev–Trinajstić information content (AvgIpc) is 3.22. The van der Waals surface area contributed by atoms with Crippen molar-refractivity contribution in [3.05, 3.63) is 29.3 Å². The SMILES string of the molecule is Cc1cccc(OC(=O)CN2C(=O)[C@H]3[C@@H]4CC[C@@H](C4)[C@@H]3C2=O)c1C. The molecule has 3 aliphatic rings. The third kappa shape index (κ3) is 2.18. The molecule has 1 aliphatic heterocycles. The summed E-state index contributed by atoms with van der Waals surface area (Å²) < 4.78 is 5.39. The van der Waals surface area contributed by atoms with E-state index in [1.807, 2.05) is 26.0 Å². The van der Waals surface area contributed by atoms with Gasteiger partial charge in [0.05, 0.1) is 11.8 Å². The number of imide groups is 1. The largest absolute Gasteiger partial charge is 0.425 e. The molecule has 5 nitrogen and oxygen atoms in total. The first-order valence-electron chi connectivity index (χ1n) is 8.59. The van der Waals surface area contributed by atoms with Crippen LogP contribution in [0.2, 0.25) is 0 Å². The lowest BCUT2D eigenvalue weighted by molar-refractivity contribution is -0.148. The van der Waals surface area contributed by atoms with Crippen molar-refractivity contribution in [2.45, 2.75) is 33.1 Å². The van der Waals surface area contributed by atoms with E-state index in [2.05, 4.69) is 0 Å². The van der Waals surface area contributed by atoms with Gasteiger partial charge in [-0.15, -0.1) is 0 Å². The summed E-state index contributed by atoms with van der Waals surface area (Å²) in [5.74, 6) is -0.134. The fraction of sp³-hybridized carbons (Fsp3) is 0.526. The van der Waals surface area contributed by atoms with Crippen molar-refractivity contribution >= 4 is 17.8 Å². The predicted octanol–water partition coefficient (Wildman–Crippen LogP) is 2.24. The van der Waals surface area contributed by atoms with Gasteiger partial charge in [0, 0.05) is 0 Å². The second kappa shape index (κ2) is 5.43. The molecule has 1 heterocycles. The van der Waals surface area contributed by atoms with Gasteiger partial charge in [0.2, 0.25) is 11.8 Å². The number of benzene rings is 1. The van der Waals surface area contributed by atoms with Crippen LogP contribution in [0, 0.1) is 37.5 Å². The molecule has 4 rings (SSSR count). The first kappa shape index (κ1) is 15.4. The number of carbonyl (C=O) groups is 3. The maximum atomic E-state index is 12.6. The first-order valence-corrected chi connectivity index (χ1v) is 8.59. The summed E-state index contributed by atoms with van der Waals surface area (Å²) in [6.07, 6.45) is 3.06. The molecule has 2 amide bonds. The van der Waals surface area contributed by atoms with E-state index < -0.39 is 5.97 Å². The molecule has 4 atom stereocenters. The minimum absolute atomic E-state index is 0.171. The number of amides is 2. The number of ether oxygens (including phenoxy) is 1. The third-order valence-corrected chi connectivity index (χ3v) is 6.08. The molecule has 1 aromatic rings. The number of likely N-dealkylation sites (tertiary alicyclic amines) is 1. The second-order valence-corrected chi connectivity index (χ2v) is 7.32. The quantitative estimate of drug-likeness (QED) is 0.485. The molecule has 0 aromatic heterocycles. The molecule has 1 aromatic carbocycles. The van der Waals surface area contributed by atoms with E-state index >= 15 is 0 Å². The van der Waals surface area contributed by atoms with Crippen molar-refractivity contribution in [3.63, 3.8) is 0 Å². The number of carbonyl (C=O) groups excluding carboxylic acids is 3. The van der Waals surface area contributed by atoms with Crippen LogP contribution in [0.15, 0.2) is 18.2 Å². The van der Waals surface area contributed by atoms with Crippen molar-refractivity contribution in [1.82, 2.24) is 4.90 Å². The normalized spacial score (nSPS) is 30.8. The van der Waals surface area contributed by atoms with Crippen LogP contribution < -0.4 is 4.74 Å². The molecular weight excluding hydrogens is 306 g/mol. The van der Waals surface area contributed by atoms with Crippen LogP contribution in [0.5, 0.6) is 5.75 Å². The number of hydrogen-bond donors (Lipinski definition) is 0. The Hall–Kier alpha value is -2.17. The zero-order chi connectivity index (χ0) is 17.0. The predicted molar refractivity (Wildman–Crippen MR) is 86.1 cm³/mol. The maximum absolute atomic E-state index is 12.6. The Labute approximate surface area is 141 Å². The number of hydrogen-bond acceptors (Lipinski definition) is 4. The molecule has 3 fully saturated rings. The van der Waals surface area contributed by atoms with E-state index in [1.54, 1.807) is 6.07 Å². The van der Waals surface area contributed by atoms with E-state index in [0.29, 0.717) is 17.6 Å². The van der Waals surface area contributed by atoms with Crippen LogP contribution in [-0.4, -0.2) is 29.2 Å². The third-order valence-electron chi connectivity index (χ3n) is 6.08. The summed E-state index contributed by atoms with van der Waals surface area (Å²) in [6, 6.07) is 5.49. The van der Waals surface area contributed by atoms with Crippen LogP contribution in [0.3, 0.4) is 0 Å². The molecule has 5 heteroatoms. The Morgan fingerprint density at radius 2 is 1.75 bits per heavy atom. The average molecular weight is 327 g/mol. The lowest BCUT2D eigenvalue weighted by Gasteiger charge is -2.19. The summed E-state index contributed by atoms with van der Waals surface area (Å²) >= 11 is 0. The topological polar surface area (TPSA) is 63.7 Å². The van der Waals surface area contributed by atoms with E-state index in [1.165, 1.54) is 0 Å². The molecule has 2 bridgehead atoms. The molecule has 126 valence electrons. The van der Waals surface area contributed by atoms with Crippen molar-refractivity contribution in [2.24, 2.45) is 23.7 Å². The van der Waals surface area contributed by atoms with Gasteiger partial charge in [-0.1, -0.05) is 12.1 Å². The monoisotopic (exact) mass is 327 g/mol. The number of rotatable bonds is 3. The highest BCUT2D eigenvalue weighted by Gasteiger charge is 2.61. The van der Waals surface area contributed by atoms with Gasteiger partial charge in [-0.25, -0.2) is 4.79 Å². The molecule has 2 saturated carbocycles. The summed E-state index contributed by atoms with van der Waals surface area (Å²) in [6.45, 7) is 3.54. The van der Waals surface area contributed by atoms with Crippen LogP contribution in [0.25, 0.3) is 0 Å². The smallest absolute Gasteiger partial charge is 0.331 e. The number of fused-ring (bicyclic) bond motifs is 5. The number of nitrogens with zero attached hydrogens (tertiary/aromatic N) is 1. The van der Waals surface area contributed by atoms with E-state index in [9.17, 15) is 14.4 Å². The Morgan fingerprint density at radius 3 is 2.38 bits per heavy atom. The fourth-order valence-corrected chi connectivity index (χ4v) is 4.75. The molecule has 0 spiro atoms. The minimum Gasteiger partial charge on any atom is -0.425 e. The summed E-state index contributed by atoms with van der Waals surface area (Å²) in [7, 11) is 0. The highest BCUT2D eigenvalue weighted by Crippen LogP contribution is 2.56. The lowest BCUT2D eigenvalue weighted by atomic mass is 9.81. The van der Waals surface area contributed by atoms with Crippen LogP contribution in [-0.2, 0) is 14.4 Å². The van der Waals surface area contributed by atoms with Gasteiger partial charge >= 0.3 is 5.97 Å². The molecule has 0 N–H and O–H groups in total. The van der Waals surface area contributed by atoms with E-state index in [0.717, 1.165) is 35.3 Å². The highest BCUT2D eigenvalue weighted by molar-refractivity contribution is 6.07. The van der Waals surface area contributed by atoms with Gasteiger partial charge in [0.25, 0.3) is 0 Å². The Bertz CT molecular complexity index is 713. The van der Waals surface area contributed by atoms with Crippen molar-refractivity contribution in [2.75, 3.05) is 6.54 Å². The number of esters is 1. The lowest BCUT2D eigenvalue weighted by Crippen LogP contribution is -2.38. The minimum atomic E-state index is -0.558. The van der Waals surface area contributed by atoms with Crippen LogP contribution >= 0.6 is 0 Å². The standard InChI is InChI=1S/C19H21NO4/c1-10-4-3-5-14(11(10)2)24-15(21)9-20-18(22)16-12-6-7-13(8-12)17(16)19(20)23/h3-5,12-13,16-17H,6-9H2,1-2H3/t12-,13+,16-,17-/m0/s1. The first-order chi connectivity index (χ1) is 11.5. The van der Waals surface area contributed by atoms with Gasteiger partial charge < -0.3 is 4.74 Å². The molecule has 24 heavy (non-hydrogen) atoms. The number of aryl methyl sites for hydroxylation is 1. The van der Waals surface area contributed by atoms with Gasteiger partial charge in [-0.2, -0.15) is 0 Å². The van der Waals surface area contributed by atoms with Gasteiger partial charge in [-0.3, -0.25) is 14.5 Å². The molecule has 0 radical (unpaired) electrons. The molecule has 0 unspecified atom stereocenters. The molecular formula is C19H21NO4. The molecule has 1 saturated heterocycles. The Morgan fingerprint density at radius 1 is 1.12 bits per heavy atom. The van der Waals surface area contributed by atoms with E-state index in [4.69, 9.17) is 4.74 Å². The summed E-state index contributed by atoms with van der Waals surface area (Å²) in [4.78, 5) is 38.6. The van der Waals surface area contributed by atoms with Gasteiger partial charge in [0.1, 0.15) is 12.3 Å². The van der Waals surface area contributed by atoms with E-state index in [-0.39, 0.29) is 30.2 Å². The van der Waals surface area contributed by atoms with Crippen molar-refractivity contribution < 1.29 is 19.1 Å². The Balaban J connectivity index is 1.47. The zero-order valence-corrected chi connectivity index (χ0v) is 14.0.